The smallest absolute Gasteiger partial charge is 0.435 e. The number of carbonyl (C=O) groups excluding carboxylic acids is 3. The summed E-state index contributed by atoms with van der Waals surface area (Å²) in [7, 11) is 1.52. The van der Waals surface area contributed by atoms with Crippen LogP contribution in [0.3, 0.4) is 0 Å². The molecule has 0 unspecified atom stereocenters. The van der Waals surface area contributed by atoms with Gasteiger partial charge in [-0.15, -0.1) is 5.10 Å². The Balaban J connectivity index is 1.95. The van der Waals surface area contributed by atoms with Gasteiger partial charge in [0, 0.05) is 11.6 Å². The van der Waals surface area contributed by atoms with Crippen LogP contribution < -0.4 is 10.1 Å². The van der Waals surface area contributed by atoms with E-state index in [1.165, 1.54) is 13.2 Å². The second kappa shape index (κ2) is 9.12. The Kier molecular flexibility index (Phi) is 6.35. The minimum absolute atomic E-state index is 0.0339. The lowest BCUT2D eigenvalue weighted by molar-refractivity contribution is 0.0471. The summed E-state index contributed by atoms with van der Waals surface area (Å²) in [6.45, 7) is 3.85. The molecule has 2 heterocycles. The second-order valence-corrected chi connectivity index (χ2v) is 6.10. The number of hydrogen-bond acceptors (Lipinski definition) is 8. The van der Waals surface area contributed by atoms with Crippen molar-refractivity contribution in [3.8, 4) is 5.75 Å². The van der Waals surface area contributed by atoms with Crippen LogP contribution in [0.5, 0.6) is 5.75 Å². The van der Waals surface area contributed by atoms with Gasteiger partial charge in [-0.05, 0) is 37.6 Å². The zero-order valence-corrected chi connectivity index (χ0v) is 16.8. The minimum atomic E-state index is -0.776. The molecule has 1 aromatic carbocycles. The maximum atomic E-state index is 12.6. The summed E-state index contributed by atoms with van der Waals surface area (Å²) in [5, 5.41) is 6.66. The van der Waals surface area contributed by atoms with Gasteiger partial charge < -0.3 is 23.9 Å². The molecule has 158 valence electrons. The van der Waals surface area contributed by atoms with Crippen LogP contribution in [0.4, 0.5) is 10.6 Å². The first-order valence-corrected chi connectivity index (χ1v) is 9.30. The molecule has 10 heteroatoms. The van der Waals surface area contributed by atoms with E-state index < -0.39 is 18.0 Å². The third kappa shape index (κ3) is 4.27. The van der Waals surface area contributed by atoms with Crippen molar-refractivity contribution in [1.82, 2.24) is 9.78 Å². The van der Waals surface area contributed by atoms with Gasteiger partial charge in [0.15, 0.2) is 11.4 Å². The summed E-state index contributed by atoms with van der Waals surface area (Å²) < 4.78 is 21.6. The Bertz CT molecular complexity index is 1070. The highest BCUT2D eigenvalue weighted by molar-refractivity contribution is 6.08. The van der Waals surface area contributed by atoms with E-state index in [1.807, 2.05) is 6.92 Å². The number of esters is 1. The summed E-state index contributed by atoms with van der Waals surface area (Å²) in [5.41, 5.74) is 0.555. The maximum Gasteiger partial charge on any atom is 0.435 e. The number of amides is 1. The van der Waals surface area contributed by atoms with Crippen LogP contribution >= 0.6 is 0 Å². The molecular weight excluding hydrogens is 394 g/mol. The third-order valence-electron chi connectivity index (χ3n) is 4.02. The Morgan fingerprint density at radius 2 is 1.87 bits per heavy atom. The van der Waals surface area contributed by atoms with Crippen molar-refractivity contribution < 1.29 is 33.0 Å². The fourth-order valence-electron chi connectivity index (χ4n) is 2.60. The van der Waals surface area contributed by atoms with E-state index in [0.29, 0.717) is 17.7 Å². The Morgan fingerprint density at radius 3 is 2.50 bits per heavy atom. The highest BCUT2D eigenvalue weighted by Crippen LogP contribution is 2.28. The first kappa shape index (κ1) is 20.9. The Morgan fingerprint density at radius 1 is 1.13 bits per heavy atom. The van der Waals surface area contributed by atoms with Crippen LogP contribution in [0.1, 0.15) is 41.2 Å². The standard InChI is InChI=1S/C20H21N3O7/c1-4-10-29-19(25)15-11-14-16(30-15)17(22-23(14)20(26)28-5-2)21-18(24)12-6-8-13(27-3)9-7-12/h6-9,11H,4-5,10H2,1-3H3,(H,21,22,24). The van der Waals surface area contributed by atoms with Gasteiger partial charge in [0.1, 0.15) is 11.3 Å². The number of carbonyl (C=O) groups is 3. The Hall–Kier alpha value is -3.82. The predicted octanol–water partition coefficient (Wildman–Crippen LogP) is 3.46. The maximum absolute atomic E-state index is 12.6. The van der Waals surface area contributed by atoms with Crippen LogP contribution in [0.2, 0.25) is 0 Å². The van der Waals surface area contributed by atoms with Crippen molar-refractivity contribution in [2.45, 2.75) is 20.3 Å². The molecule has 3 aromatic rings. The average Bonchev–Trinajstić information content (AvgIpc) is 3.32. The summed E-state index contributed by atoms with van der Waals surface area (Å²) in [6.07, 6.45) is -0.132. The van der Waals surface area contributed by atoms with Gasteiger partial charge in [0.25, 0.3) is 5.91 Å². The van der Waals surface area contributed by atoms with E-state index in [4.69, 9.17) is 18.6 Å². The number of hydrogen-bond donors (Lipinski definition) is 1. The van der Waals surface area contributed by atoms with Crippen molar-refractivity contribution in [3.05, 3.63) is 41.7 Å². The van der Waals surface area contributed by atoms with Crippen molar-refractivity contribution in [2.24, 2.45) is 0 Å². The van der Waals surface area contributed by atoms with Crippen molar-refractivity contribution >= 4 is 34.9 Å². The fraction of sp³-hybridized carbons (Fsp3) is 0.300. The monoisotopic (exact) mass is 415 g/mol. The Labute approximate surface area is 171 Å². The molecule has 0 aliphatic rings. The third-order valence-corrected chi connectivity index (χ3v) is 4.02. The van der Waals surface area contributed by atoms with Crippen LogP contribution in [-0.4, -0.2) is 48.1 Å². The number of rotatable bonds is 7. The molecule has 1 N–H and O–H groups in total. The number of benzene rings is 1. The van der Waals surface area contributed by atoms with E-state index in [0.717, 1.165) is 4.68 Å². The number of nitrogens with one attached hydrogen (secondary N) is 1. The van der Waals surface area contributed by atoms with Gasteiger partial charge in [-0.1, -0.05) is 6.92 Å². The summed E-state index contributed by atoms with van der Waals surface area (Å²) >= 11 is 0. The highest BCUT2D eigenvalue weighted by atomic mass is 16.6. The summed E-state index contributed by atoms with van der Waals surface area (Å²) in [4.78, 5) is 37.0. The van der Waals surface area contributed by atoms with E-state index in [1.54, 1.807) is 31.2 Å². The van der Waals surface area contributed by atoms with E-state index >= 15 is 0 Å². The average molecular weight is 415 g/mol. The summed E-state index contributed by atoms with van der Waals surface area (Å²) in [5.74, 6) is -0.723. The second-order valence-electron chi connectivity index (χ2n) is 6.10. The van der Waals surface area contributed by atoms with Gasteiger partial charge in [-0.2, -0.15) is 4.68 Å². The zero-order chi connectivity index (χ0) is 21.7. The molecule has 0 radical (unpaired) electrons. The molecule has 1 amide bonds. The molecule has 0 aliphatic heterocycles. The number of nitrogens with zero attached hydrogens (tertiary/aromatic N) is 2. The van der Waals surface area contributed by atoms with Gasteiger partial charge in [-0.3, -0.25) is 4.79 Å². The van der Waals surface area contributed by atoms with Crippen LogP contribution in [0.25, 0.3) is 11.1 Å². The normalized spacial score (nSPS) is 10.6. The lowest BCUT2D eigenvalue weighted by Gasteiger charge is -2.04. The lowest BCUT2D eigenvalue weighted by Crippen LogP contribution is -2.17. The molecule has 0 bridgehead atoms. The van der Waals surface area contributed by atoms with Gasteiger partial charge >= 0.3 is 12.1 Å². The number of furan rings is 1. The molecule has 30 heavy (non-hydrogen) atoms. The van der Waals surface area contributed by atoms with Gasteiger partial charge in [0.05, 0.1) is 20.3 Å². The number of methoxy groups -OCH3 is 1. The lowest BCUT2D eigenvalue weighted by atomic mass is 10.2. The molecule has 10 nitrogen and oxygen atoms in total. The van der Waals surface area contributed by atoms with Crippen LogP contribution in [0.15, 0.2) is 34.7 Å². The topological polar surface area (TPSA) is 122 Å². The van der Waals surface area contributed by atoms with Crippen molar-refractivity contribution in [3.63, 3.8) is 0 Å². The van der Waals surface area contributed by atoms with Crippen LogP contribution in [-0.2, 0) is 9.47 Å². The van der Waals surface area contributed by atoms with E-state index in [9.17, 15) is 14.4 Å². The first-order valence-electron chi connectivity index (χ1n) is 9.30. The molecule has 2 aromatic heterocycles. The minimum Gasteiger partial charge on any atom is -0.497 e. The van der Waals surface area contributed by atoms with E-state index in [-0.39, 0.29) is 35.9 Å². The van der Waals surface area contributed by atoms with Crippen molar-refractivity contribution in [2.75, 3.05) is 25.6 Å². The highest BCUT2D eigenvalue weighted by Gasteiger charge is 2.25. The number of fused-ring (bicyclic) bond motifs is 1. The molecule has 0 saturated carbocycles. The van der Waals surface area contributed by atoms with Crippen molar-refractivity contribution in [1.29, 1.82) is 0 Å². The quantitative estimate of drug-likeness (QED) is 0.582. The molecule has 0 fully saturated rings. The van der Waals surface area contributed by atoms with Gasteiger partial charge in [-0.25, -0.2) is 9.59 Å². The number of aromatic nitrogens is 2. The number of ether oxygens (including phenoxy) is 3. The number of anilines is 1. The zero-order valence-electron chi connectivity index (χ0n) is 16.8. The van der Waals surface area contributed by atoms with Gasteiger partial charge in [0.2, 0.25) is 5.76 Å². The molecular formula is C20H21N3O7. The molecule has 3 rings (SSSR count). The first-order chi connectivity index (χ1) is 14.5. The molecule has 0 spiro atoms. The SMILES string of the molecule is CCCOC(=O)c1cc2c(o1)c(NC(=O)c1ccc(OC)cc1)nn2C(=O)OCC. The molecule has 0 atom stereocenters. The summed E-state index contributed by atoms with van der Waals surface area (Å²) in [6, 6.07) is 7.74. The predicted molar refractivity (Wildman–Crippen MR) is 106 cm³/mol. The largest absolute Gasteiger partial charge is 0.497 e. The van der Waals surface area contributed by atoms with E-state index in [2.05, 4.69) is 10.4 Å². The van der Waals surface area contributed by atoms with Crippen LogP contribution in [0, 0.1) is 0 Å². The fourth-order valence-corrected chi connectivity index (χ4v) is 2.60. The molecule has 0 aliphatic carbocycles. The molecule has 0 saturated heterocycles.